The molecule has 0 radical (unpaired) electrons. The zero-order valence-corrected chi connectivity index (χ0v) is 18.1. The molecule has 8 nitrogen and oxygen atoms in total. The number of rotatable bonds is 6. The highest BCUT2D eigenvalue weighted by Gasteiger charge is 2.34. The number of aromatic nitrogens is 3. The van der Waals surface area contributed by atoms with E-state index in [1.54, 1.807) is 24.3 Å². The van der Waals surface area contributed by atoms with Crippen molar-refractivity contribution in [1.29, 1.82) is 0 Å². The minimum atomic E-state index is -0.646. The predicted octanol–water partition coefficient (Wildman–Crippen LogP) is 3.20. The van der Waals surface area contributed by atoms with Crippen LogP contribution in [0.25, 0.3) is 22.1 Å². The Balaban J connectivity index is 1.39. The third-order valence-corrected chi connectivity index (χ3v) is 6.21. The molecule has 2 aromatic carbocycles. The molecular formula is C24H17N5O3S. The first-order valence-electron chi connectivity index (χ1n) is 10.1. The van der Waals surface area contributed by atoms with Gasteiger partial charge in [-0.2, -0.15) is 0 Å². The molecule has 9 heteroatoms. The van der Waals surface area contributed by atoms with Crippen molar-refractivity contribution < 1.29 is 14.4 Å². The third kappa shape index (κ3) is 3.79. The van der Waals surface area contributed by atoms with Crippen LogP contribution in [0.15, 0.2) is 66.2 Å². The molecule has 5 rings (SSSR count). The summed E-state index contributed by atoms with van der Waals surface area (Å²) in [5.41, 5.74) is 8.39. The second-order valence-corrected chi connectivity index (χ2v) is 8.25. The molecule has 0 atom stereocenters. The summed E-state index contributed by atoms with van der Waals surface area (Å²) < 4.78 is 0. The molecule has 33 heavy (non-hydrogen) atoms. The van der Waals surface area contributed by atoms with Gasteiger partial charge in [0.25, 0.3) is 17.7 Å². The SMILES string of the molecule is NC(=O)c1cnc(-c2ccccc2)nc1-c1nc(CCN2C(=O)c3ccccc3C2=O)cs1. The molecule has 162 valence electrons. The Hall–Kier alpha value is -4.24. The van der Waals surface area contributed by atoms with Crippen LogP contribution in [0.3, 0.4) is 0 Å². The van der Waals surface area contributed by atoms with Crippen LogP contribution in [-0.2, 0) is 6.42 Å². The molecule has 0 saturated heterocycles. The van der Waals surface area contributed by atoms with Crippen molar-refractivity contribution in [3.05, 3.63) is 88.6 Å². The van der Waals surface area contributed by atoms with Gasteiger partial charge in [-0.3, -0.25) is 19.3 Å². The maximum Gasteiger partial charge on any atom is 0.261 e. The lowest BCUT2D eigenvalue weighted by Crippen LogP contribution is -2.31. The first kappa shape index (κ1) is 20.7. The number of hydrogen-bond acceptors (Lipinski definition) is 7. The van der Waals surface area contributed by atoms with Gasteiger partial charge in [-0.25, -0.2) is 15.0 Å². The molecule has 0 saturated carbocycles. The molecule has 4 aromatic rings. The highest BCUT2D eigenvalue weighted by atomic mass is 32.1. The van der Waals surface area contributed by atoms with Crippen molar-refractivity contribution in [3.8, 4) is 22.1 Å². The number of fused-ring (bicyclic) bond motifs is 1. The van der Waals surface area contributed by atoms with Crippen LogP contribution in [0.5, 0.6) is 0 Å². The normalized spacial score (nSPS) is 12.8. The van der Waals surface area contributed by atoms with Crippen molar-refractivity contribution in [2.75, 3.05) is 6.54 Å². The molecule has 1 aliphatic rings. The minimum Gasteiger partial charge on any atom is -0.365 e. The van der Waals surface area contributed by atoms with Crippen LogP contribution in [0.1, 0.15) is 36.8 Å². The lowest BCUT2D eigenvalue weighted by Gasteiger charge is -2.12. The fraction of sp³-hybridized carbons (Fsp3) is 0.0833. The molecule has 0 aliphatic carbocycles. The Kier molecular flexibility index (Phi) is 5.23. The second kappa shape index (κ2) is 8.36. The van der Waals surface area contributed by atoms with Crippen molar-refractivity contribution in [3.63, 3.8) is 0 Å². The van der Waals surface area contributed by atoms with Crippen molar-refractivity contribution in [2.45, 2.75) is 6.42 Å². The number of nitrogens with two attached hydrogens (primary N) is 1. The van der Waals surface area contributed by atoms with E-state index >= 15 is 0 Å². The summed E-state index contributed by atoms with van der Waals surface area (Å²) in [6, 6.07) is 16.2. The maximum absolute atomic E-state index is 12.6. The number of carbonyl (C=O) groups excluding carboxylic acids is 3. The Morgan fingerprint density at radius 2 is 1.61 bits per heavy atom. The molecule has 0 bridgehead atoms. The second-order valence-electron chi connectivity index (χ2n) is 7.39. The number of primary amides is 1. The van der Waals surface area contributed by atoms with E-state index in [0.717, 1.165) is 5.56 Å². The fourth-order valence-electron chi connectivity index (χ4n) is 3.65. The Morgan fingerprint density at radius 1 is 0.939 bits per heavy atom. The number of amides is 3. The van der Waals surface area contributed by atoms with Crippen LogP contribution >= 0.6 is 11.3 Å². The zero-order valence-electron chi connectivity index (χ0n) is 17.3. The molecule has 3 heterocycles. The summed E-state index contributed by atoms with van der Waals surface area (Å²) in [6.07, 6.45) is 1.79. The minimum absolute atomic E-state index is 0.177. The molecular weight excluding hydrogens is 438 g/mol. The van der Waals surface area contributed by atoms with Crippen LogP contribution in [-0.4, -0.2) is 44.1 Å². The largest absolute Gasteiger partial charge is 0.365 e. The van der Waals surface area contributed by atoms with Gasteiger partial charge in [0.15, 0.2) is 5.82 Å². The zero-order chi connectivity index (χ0) is 22.9. The van der Waals surface area contributed by atoms with E-state index in [9.17, 15) is 14.4 Å². The van der Waals surface area contributed by atoms with E-state index in [-0.39, 0.29) is 23.9 Å². The molecule has 0 unspecified atom stereocenters. The van der Waals surface area contributed by atoms with Gasteiger partial charge in [0.1, 0.15) is 10.7 Å². The average molecular weight is 455 g/mol. The van der Waals surface area contributed by atoms with E-state index in [1.165, 1.54) is 22.4 Å². The van der Waals surface area contributed by atoms with Gasteiger partial charge in [-0.1, -0.05) is 42.5 Å². The van der Waals surface area contributed by atoms with Crippen LogP contribution < -0.4 is 5.73 Å². The molecule has 0 fully saturated rings. The molecule has 3 amide bonds. The van der Waals surface area contributed by atoms with E-state index < -0.39 is 5.91 Å². The van der Waals surface area contributed by atoms with Crippen LogP contribution in [0.4, 0.5) is 0 Å². The monoisotopic (exact) mass is 455 g/mol. The number of benzene rings is 2. The summed E-state index contributed by atoms with van der Waals surface area (Å²) in [4.78, 5) is 51.7. The van der Waals surface area contributed by atoms with E-state index in [2.05, 4.69) is 15.0 Å². The summed E-state index contributed by atoms with van der Waals surface area (Å²) >= 11 is 1.31. The van der Waals surface area contributed by atoms with Crippen molar-refractivity contribution in [2.24, 2.45) is 5.73 Å². The quantitative estimate of drug-likeness (QED) is 0.446. The Labute approximate surface area is 192 Å². The van der Waals surface area contributed by atoms with Gasteiger partial charge in [0.2, 0.25) is 0 Å². The summed E-state index contributed by atoms with van der Waals surface area (Å²) in [5, 5.41) is 2.34. The Bertz CT molecular complexity index is 1370. The molecule has 0 spiro atoms. The molecule has 2 N–H and O–H groups in total. The van der Waals surface area contributed by atoms with E-state index in [1.807, 2.05) is 35.7 Å². The van der Waals surface area contributed by atoms with Crippen molar-refractivity contribution in [1.82, 2.24) is 19.9 Å². The van der Waals surface area contributed by atoms with Crippen molar-refractivity contribution >= 4 is 29.1 Å². The van der Waals surface area contributed by atoms with Gasteiger partial charge >= 0.3 is 0 Å². The van der Waals surface area contributed by atoms with E-state index in [0.29, 0.717) is 39.8 Å². The fourth-order valence-corrected chi connectivity index (χ4v) is 4.51. The lowest BCUT2D eigenvalue weighted by atomic mass is 10.1. The first-order chi connectivity index (χ1) is 16.0. The number of carbonyl (C=O) groups is 3. The summed E-state index contributed by atoms with van der Waals surface area (Å²) in [7, 11) is 0. The summed E-state index contributed by atoms with van der Waals surface area (Å²) in [5.74, 6) is -0.790. The topological polar surface area (TPSA) is 119 Å². The summed E-state index contributed by atoms with van der Waals surface area (Å²) in [6.45, 7) is 0.206. The predicted molar refractivity (Wildman–Crippen MR) is 123 cm³/mol. The van der Waals surface area contributed by atoms with Gasteiger partial charge in [-0.05, 0) is 12.1 Å². The highest BCUT2D eigenvalue weighted by Crippen LogP contribution is 2.28. The lowest BCUT2D eigenvalue weighted by molar-refractivity contribution is 0.0655. The molecule has 1 aliphatic heterocycles. The first-order valence-corrected chi connectivity index (χ1v) is 11.0. The number of hydrogen-bond donors (Lipinski definition) is 1. The van der Waals surface area contributed by atoms with E-state index in [4.69, 9.17) is 5.73 Å². The highest BCUT2D eigenvalue weighted by molar-refractivity contribution is 7.13. The van der Waals surface area contributed by atoms with Gasteiger partial charge in [0.05, 0.1) is 22.4 Å². The van der Waals surface area contributed by atoms with Crippen LogP contribution in [0, 0.1) is 0 Å². The van der Waals surface area contributed by atoms with Crippen LogP contribution in [0.2, 0.25) is 0 Å². The standard InChI is InChI=1S/C24H17N5O3S/c25-20(30)18-12-26-21(14-6-2-1-3-7-14)28-19(18)22-27-15(13-33-22)10-11-29-23(31)16-8-4-5-9-17(16)24(29)32/h1-9,12-13H,10-11H2,(H2,25,30). The van der Waals surface area contributed by atoms with Gasteiger partial charge < -0.3 is 5.73 Å². The Morgan fingerprint density at radius 3 is 2.27 bits per heavy atom. The number of imide groups is 1. The smallest absolute Gasteiger partial charge is 0.261 e. The number of nitrogens with zero attached hydrogens (tertiary/aromatic N) is 4. The van der Waals surface area contributed by atoms with Gasteiger partial charge in [0, 0.05) is 30.1 Å². The average Bonchev–Trinajstić information content (AvgIpc) is 3.41. The number of thiazole rings is 1. The maximum atomic E-state index is 12.6. The van der Waals surface area contributed by atoms with Gasteiger partial charge in [-0.15, -0.1) is 11.3 Å². The molecule has 2 aromatic heterocycles. The third-order valence-electron chi connectivity index (χ3n) is 5.31.